The Morgan fingerprint density at radius 1 is 1.19 bits per heavy atom. The number of benzene rings is 2. The predicted octanol–water partition coefficient (Wildman–Crippen LogP) is 3.07. The summed E-state index contributed by atoms with van der Waals surface area (Å²) in [7, 11) is 0. The molecular formula is C22H22F3N3O4. The number of phenols is 1. The lowest BCUT2D eigenvalue weighted by Crippen LogP contribution is -2.53. The summed E-state index contributed by atoms with van der Waals surface area (Å²) in [5, 5.41) is 12.2. The van der Waals surface area contributed by atoms with Gasteiger partial charge in [0, 0.05) is 13.1 Å². The molecule has 0 aliphatic carbocycles. The number of nitrogens with one attached hydrogen (secondary N) is 1. The van der Waals surface area contributed by atoms with Crippen LogP contribution in [0.15, 0.2) is 48.5 Å². The van der Waals surface area contributed by atoms with E-state index >= 15 is 0 Å². The van der Waals surface area contributed by atoms with Gasteiger partial charge in [0.2, 0.25) is 11.8 Å². The summed E-state index contributed by atoms with van der Waals surface area (Å²) in [6.07, 6.45) is -6.08. The van der Waals surface area contributed by atoms with Crippen molar-refractivity contribution in [2.75, 3.05) is 36.5 Å². The van der Waals surface area contributed by atoms with Crippen LogP contribution in [-0.2, 0) is 14.3 Å². The van der Waals surface area contributed by atoms with Crippen molar-refractivity contribution in [1.82, 2.24) is 4.90 Å². The molecule has 0 spiro atoms. The minimum atomic E-state index is -4.78. The Balaban J connectivity index is 1.58. The molecule has 2 aromatic rings. The number of alkyl halides is 3. The summed E-state index contributed by atoms with van der Waals surface area (Å²) in [6, 6.07) is 10.2. The number of phenolic OH excluding ortho intramolecular Hbond substituents is 1. The molecule has 7 nitrogen and oxygen atoms in total. The summed E-state index contributed by atoms with van der Waals surface area (Å²) >= 11 is 0. The summed E-state index contributed by atoms with van der Waals surface area (Å²) < 4.78 is 47.3. The van der Waals surface area contributed by atoms with Crippen LogP contribution >= 0.6 is 0 Å². The zero-order valence-corrected chi connectivity index (χ0v) is 17.0. The number of amides is 2. The first-order chi connectivity index (χ1) is 15.2. The number of carbonyl (C=O) groups is 2. The van der Waals surface area contributed by atoms with Crippen LogP contribution in [0.5, 0.6) is 5.75 Å². The number of hydrogen-bond acceptors (Lipinski definition) is 5. The maximum atomic E-state index is 13.9. The predicted molar refractivity (Wildman–Crippen MR) is 110 cm³/mol. The average Bonchev–Trinajstić information content (AvgIpc) is 2.89. The van der Waals surface area contributed by atoms with Crippen molar-refractivity contribution in [2.45, 2.75) is 24.7 Å². The van der Waals surface area contributed by atoms with E-state index < -0.39 is 36.6 Å². The molecule has 1 saturated heterocycles. The molecule has 2 aliphatic rings. The van der Waals surface area contributed by atoms with Crippen LogP contribution in [0, 0.1) is 0 Å². The molecule has 170 valence electrons. The fourth-order valence-corrected chi connectivity index (χ4v) is 4.04. The van der Waals surface area contributed by atoms with Gasteiger partial charge in [0.15, 0.2) is 0 Å². The lowest BCUT2D eigenvalue weighted by atomic mass is 10.1. The quantitative estimate of drug-likeness (QED) is 0.753. The van der Waals surface area contributed by atoms with E-state index in [1.807, 2.05) is 0 Å². The minimum absolute atomic E-state index is 0.0171. The van der Waals surface area contributed by atoms with Gasteiger partial charge in [-0.25, -0.2) is 0 Å². The standard InChI is InChI=1S/C22H22F3N3O4/c23-22(24,25)19-11-20(30)26-16-6-1-2-7-17(16)28(19)21(31)13-27-8-9-32-18(12-27)14-4-3-5-15(29)10-14/h1-7,10,18-19,29H,8-9,11-13H2,(H,26,30). The van der Waals surface area contributed by atoms with Crippen molar-refractivity contribution in [2.24, 2.45) is 0 Å². The highest BCUT2D eigenvalue weighted by molar-refractivity contribution is 6.05. The van der Waals surface area contributed by atoms with E-state index in [0.29, 0.717) is 17.0 Å². The molecule has 1 fully saturated rings. The highest BCUT2D eigenvalue weighted by atomic mass is 19.4. The van der Waals surface area contributed by atoms with Crippen molar-refractivity contribution in [3.8, 4) is 5.75 Å². The number of ether oxygens (including phenoxy) is 1. The van der Waals surface area contributed by atoms with Crippen LogP contribution in [0.3, 0.4) is 0 Å². The number of morpholine rings is 1. The number of nitrogens with zero attached hydrogens (tertiary/aromatic N) is 2. The van der Waals surface area contributed by atoms with Crippen LogP contribution in [0.2, 0.25) is 0 Å². The number of hydrogen-bond donors (Lipinski definition) is 2. The first-order valence-electron chi connectivity index (χ1n) is 10.1. The third-order valence-electron chi connectivity index (χ3n) is 5.53. The second kappa shape index (κ2) is 8.79. The minimum Gasteiger partial charge on any atom is -0.508 e. The molecule has 2 amide bonds. The molecule has 0 aromatic heterocycles. The van der Waals surface area contributed by atoms with Crippen LogP contribution in [0.4, 0.5) is 24.5 Å². The Morgan fingerprint density at radius 3 is 2.72 bits per heavy atom. The lowest BCUT2D eigenvalue weighted by Gasteiger charge is -2.36. The first kappa shape index (κ1) is 22.1. The Hall–Kier alpha value is -3.11. The average molecular weight is 449 g/mol. The van der Waals surface area contributed by atoms with Gasteiger partial charge in [-0.2, -0.15) is 13.2 Å². The monoisotopic (exact) mass is 449 g/mol. The van der Waals surface area contributed by atoms with Crippen molar-refractivity contribution in [3.05, 3.63) is 54.1 Å². The van der Waals surface area contributed by atoms with Gasteiger partial charge in [0.1, 0.15) is 11.8 Å². The van der Waals surface area contributed by atoms with Crippen LogP contribution in [0.1, 0.15) is 18.1 Å². The number of rotatable bonds is 3. The van der Waals surface area contributed by atoms with Gasteiger partial charge in [0.25, 0.3) is 0 Å². The zero-order valence-electron chi connectivity index (χ0n) is 17.0. The SMILES string of the molecule is O=C1CC(C(F)(F)F)N(C(=O)CN2CCOC(c3cccc(O)c3)C2)c2ccccc2N1. The Kier molecular flexibility index (Phi) is 6.07. The van der Waals surface area contributed by atoms with Crippen LogP contribution in [0.25, 0.3) is 0 Å². The summed E-state index contributed by atoms with van der Waals surface area (Å²) in [6.45, 7) is 0.656. The van der Waals surface area contributed by atoms with E-state index in [1.165, 1.54) is 24.3 Å². The normalized spacial score (nSPS) is 22.1. The molecule has 4 rings (SSSR count). The van der Waals surface area contributed by atoms with E-state index in [4.69, 9.17) is 4.74 Å². The second-order valence-corrected chi connectivity index (χ2v) is 7.78. The number of para-hydroxylation sites is 2. The van der Waals surface area contributed by atoms with Crippen molar-refractivity contribution in [3.63, 3.8) is 0 Å². The summed E-state index contributed by atoms with van der Waals surface area (Å²) in [5.74, 6) is -1.48. The van der Waals surface area contributed by atoms with Crippen LogP contribution < -0.4 is 10.2 Å². The molecule has 0 radical (unpaired) electrons. The maximum absolute atomic E-state index is 13.9. The second-order valence-electron chi connectivity index (χ2n) is 7.78. The number of aromatic hydroxyl groups is 1. The third-order valence-corrected chi connectivity index (χ3v) is 5.53. The molecule has 0 bridgehead atoms. The van der Waals surface area contributed by atoms with Crippen molar-refractivity contribution >= 4 is 23.2 Å². The molecule has 32 heavy (non-hydrogen) atoms. The summed E-state index contributed by atoms with van der Waals surface area (Å²) in [5.41, 5.74) is 0.894. The molecule has 10 heteroatoms. The summed E-state index contributed by atoms with van der Waals surface area (Å²) in [4.78, 5) is 27.7. The van der Waals surface area contributed by atoms with E-state index in [2.05, 4.69) is 5.32 Å². The fraction of sp³-hybridized carbons (Fsp3) is 0.364. The van der Waals surface area contributed by atoms with Gasteiger partial charge in [0.05, 0.1) is 37.1 Å². The highest BCUT2D eigenvalue weighted by Crippen LogP contribution is 2.38. The largest absolute Gasteiger partial charge is 0.508 e. The zero-order chi connectivity index (χ0) is 22.9. The molecule has 2 aromatic carbocycles. The van der Waals surface area contributed by atoms with Crippen molar-refractivity contribution in [1.29, 1.82) is 0 Å². The Morgan fingerprint density at radius 2 is 1.97 bits per heavy atom. The number of halogens is 3. The van der Waals surface area contributed by atoms with E-state index in [0.717, 1.165) is 0 Å². The maximum Gasteiger partial charge on any atom is 0.409 e. The van der Waals surface area contributed by atoms with E-state index in [1.54, 1.807) is 29.2 Å². The number of carbonyl (C=O) groups excluding carboxylic acids is 2. The molecule has 2 aliphatic heterocycles. The Labute approximate surface area is 182 Å². The van der Waals surface area contributed by atoms with Crippen LogP contribution in [-0.4, -0.2) is 60.3 Å². The van der Waals surface area contributed by atoms with Gasteiger partial charge >= 0.3 is 6.18 Å². The van der Waals surface area contributed by atoms with Gasteiger partial charge in [-0.3, -0.25) is 19.4 Å². The van der Waals surface area contributed by atoms with E-state index in [9.17, 15) is 27.9 Å². The molecule has 2 N–H and O–H groups in total. The van der Waals surface area contributed by atoms with Crippen molar-refractivity contribution < 1.29 is 32.6 Å². The molecule has 2 heterocycles. The van der Waals surface area contributed by atoms with Gasteiger partial charge in [-0.1, -0.05) is 24.3 Å². The number of fused-ring (bicyclic) bond motifs is 1. The van der Waals surface area contributed by atoms with Gasteiger partial charge in [-0.15, -0.1) is 0 Å². The van der Waals surface area contributed by atoms with E-state index in [-0.39, 0.29) is 36.8 Å². The molecule has 0 saturated carbocycles. The number of anilines is 2. The topological polar surface area (TPSA) is 82.1 Å². The van der Waals surface area contributed by atoms with Gasteiger partial charge in [-0.05, 0) is 29.8 Å². The molecular weight excluding hydrogens is 427 g/mol. The van der Waals surface area contributed by atoms with Gasteiger partial charge < -0.3 is 15.2 Å². The smallest absolute Gasteiger partial charge is 0.409 e. The molecule has 2 unspecified atom stereocenters. The first-order valence-corrected chi connectivity index (χ1v) is 10.1. The third kappa shape index (κ3) is 4.71. The Bertz CT molecular complexity index is 1010. The highest BCUT2D eigenvalue weighted by Gasteiger charge is 2.49. The molecule has 2 atom stereocenters. The lowest BCUT2D eigenvalue weighted by molar-refractivity contribution is -0.158. The fourth-order valence-electron chi connectivity index (χ4n) is 4.04.